The number of rotatable bonds is 2. The van der Waals surface area contributed by atoms with E-state index in [1.165, 1.54) is 11.1 Å². The van der Waals surface area contributed by atoms with Crippen LogP contribution >= 0.6 is 0 Å². The molecule has 7 rings (SSSR count). The Balaban J connectivity index is 1.68. The van der Waals surface area contributed by atoms with Crippen LogP contribution in [0.5, 0.6) is 11.5 Å². The summed E-state index contributed by atoms with van der Waals surface area (Å²) < 4.78 is 6.69. The van der Waals surface area contributed by atoms with Crippen molar-refractivity contribution in [3.63, 3.8) is 0 Å². The highest BCUT2D eigenvalue weighted by molar-refractivity contribution is 5.92. The molecule has 0 aliphatic carbocycles. The summed E-state index contributed by atoms with van der Waals surface area (Å²) in [4.78, 5) is 0. The molecule has 3 heteroatoms. The van der Waals surface area contributed by atoms with Crippen molar-refractivity contribution in [2.24, 2.45) is 0 Å². The fraction of sp³-hybridized carbons (Fsp3) is 0.0303. The maximum atomic E-state index is 6.69. The molecular weight excluding hydrogens is 440 g/mol. The maximum Gasteiger partial charge on any atom is 0.132 e. The van der Waals surface area contributed by atoms with Gasteiger partial charge in [-0.05, 0) is 81.2 Å². The largest absolute Gasteiger partial charge is 0.457 e. The molecule has 36 heavy (non-hydrogen) atoms. The number of nitrogens with two attached hydrogens (primary N) is 2. The van der Waals surface area contributed by atoms with Gasteiger partial charge in [-0.25, -0.2) is 0 Å². The van der Waals surface area contributed by atoms with E-state index in [0.29, 0.717) is 0 Å². The van der Waals surface area contributed by atoms with Crippen molar-refractivity contribution < 1.29 is 4.74 Å². The van der Waals surface area contributed by atoms with Crippen LogP contribution in [0.15, 0.2) is 121 Å². The van der Waals surface area contributed by atoms with Crippen molar-refractivity contribution in [1.29, 1.82) is 0 Å². The summed E-state index contributed by atoms with van der Waals surface area (Å²) in [7, 11) is 0. The van der Waals surface area contributed by atoms with E-state index in [0.717, 1.165) is 55.5 Å². The zero-order chi connectivity index (χ0) is 24.3. The Morgan fingerprint density at radius 1 is 0.444 bits per heavy atom. The van der Waals surface area contributed by atoms with Crippen molar-refractivity contribution in [2.75, 3.05) is 11.5 Å². The first kappa shape index (κ1) is 20.6. The highest BCUT2D eigenvalue weighted by Gasteiger charge is 2.45. The molecule has 0 spiro atoms. The van der Waals surface area contributed by atoms with Crippen LogP contribution in [-0.2, 0) is 5.41 Å². The summed E-state index contributed by atoms with van der Waals surface area (Å²) in [5.41, 5.74) is 17.8. The van der Waals surface area contributed by atoms with Crippen LogP contribution in [0.2, 0.25) is 0 Å². The van der Waals surface area contributed by atoms with Crippen LogP contribution in [0.4, 0.5) is 11.4 Å². The summed E-state index contributed by atoms with van der Waals surface area (Å²) in [5, 5.41) is 4.36. The molecule has 172 valence electrons. The number of fused-ring (bicyclic) bond motifs is 4. The topological polar surface area (TPSA) is 61.3 Å². The number of nitrogen functional groups attached to an aromatic ring is 2. The first-order valence-corrected chi connectivity index (χ1v) is 12.1. The van der Waals surface area contributed by atoms with E-state index >= 15 is 0 Å². The lowest BCUT2D eigenvalue weighted by molar-refractivity contribution is 0.436. The molecule has 0 unspecified atom stereocenters. The molecule has 0 aromatic heterocycles. The molecule has 0 bridgehead atoms. The average Bonchev–Trinajstić information content (AvgIpc) is 2.91. The van der Waals surface area contributed by atoms with Crippen molar-refractivity contribution in [3.8, 4) is 11.5 Å². The SMILES string of the molecule is Nc1ccc2cc3c(cc2c1)C(c1ccccc1)(c1ccccc1)c1cc2cc(N)ccc2cc1O3. The van der Waals surface area contributed by atoms with Crippen LogP contribution in [-0.4, -0.2) is 0 Å². The lowest BCUT2D eigenvalue weighted by atomic mass is 9.63. The zero-order valence-corrected chi connectivity index (χ0v) is 19.6. The molecule has 1 heterocycles. The second-order valence-corrected chi connectivity index (χ2v) is 9.49. The van der Waals surface area contributed by atoms with Gasteiger partial charge in [0.15, 0.2) is 0 Å². The molecule has 4 N–H and O–H groups in total. The van der Waals surface area contributed by atoms with Crippen molar-refractivity contribution in [1.82, 2.24) is 0 Å². The molecule has 1 aliphatic rings. The Hall–Kier alpha value is -4.76. The molecule has 0 saturated carbocycles. The maximum absolute atomic E-state index is 6.69. The van der Waals surface area contributed by atoms with Gasteiger partial charge in [0.1, 0.15) is 11.5 Å². The minimum atomic E-state index is -0.594. The van der Waals surface area contributed by atoms with Gasteiger partial charge >= 0.3 is 0 Å². The first-order chi connectivity index (χ1) is 17.6. The van der Waals surface area contributed by atoms with Crippen LogP contribution in [0, 0.1) is 0 Å². The number of anilines is 2. The normalized spacial score (nSPS) is 13.7. The van der Waals surface area contributed by atoms with E-state index in [9.17, 15) is 0 Å². The monoisotopic (exact) mass is 464 g/mol. The molecule has 3 nitrogen and oxygen atoms in total. The lowest BCUT2D eigenvalue weighted by Gasteiger charge is -2.42. The van der Waals surface area contributed by atoms with Crippen LogP contribution < -0.4 is 16.2 Å². The predicted molar refractivity (Wildman–Crippen MR) is 149 cm³/mol. The van der Waals surface area contributed by atoms with Gasteiger partial charge in [-0.2, -0.15) is 0 Å². The minimum Gasteiger partial charge on any atom is -0.457 e. The molecule has 6 aromatic carbocycles. The molecular formula is C33H24N2O. The summed E-state index contributed by atoms with van der Waals surface area (Å²) >= 11 is 0. The molecule has 0 amide bonds. The Labute approximate surface area is 209 Å². The van der Waals surface area contributed by atoms with Gasteiger partial charge in [-0.3, -0.25) is 0 Å². The number of benzene rings is 6. The van der Waals surface area contributed by atoms with Gasteiger partial charge in [0.05, 0.1) is 5.41 Å². The molecule has 0 fully saturated rings. The third-order valence-corrected chi connectivity index (χ3v) is 7.37. The molecule has 0 radical (unpaired) electrons. The Morgan fingerprint density at radius 3 is 1.33 bits per heavy atom. The highest BCUT2D eigenvalue weighted by Crippen LogP contribution is 2.56. The fourth-order valence-corrected chi connectivity index (χ4v) is 5.77. The summed E-state index contributed by atoms with van der Waals surface area (Å²) in [6.07, 6.45) is 0. The van der Waals surface area contributed by atoms with Gasteiger partial charge in [0.2, 0.25) is 0 Å². The van der Waals surface area contributed by atoms with Crippen LogP contribution in [0.25, 0.3) is 21.5 Å². The standard InChI is InChI=1S/C33H24N2O/c34-27-13-11-21-19-31-29(17-23(21)15-27)33(25-7-3-1-4-8-25,26-9-5-2-6-10-26)30-18-24-16-28(35)14-12-22(24)20-32(30)36-31/h1-20H,34-35H2. The second kappa shape index (κ2) is 7.62. The highest BCUT2D eigenvalue weighted by atomic mass is 16.5. The smallest absolute Gasteiger partial charge is 0.132 e. The van der Waals surface area contributed by atoms with Gasteiger partial charge in [0.25, 0.3) is 0 Å². The van der Waals surface area contributed by atoms with E-state index in [4.69, 9.17) is 16.2 Å². The van der Waals surface area contributed by atoms with Crippen molar-refractivity contribution in [2.45, 2.75) is 5.41 Å². The summed E-state index contributed by atoms with van der Waals surface area (Å²) in [6.45, 7) is 0. The van der Waals surface area contributed by atoms with Crippen molar-refractivity contribution in [3.05, 3.63) is 144 Å². The summed E-state index contributed by atoms with van der Waals surface area (Å²) in [6, 6.07) is 42.2. The van der Waals surface area contributed by atoms with E-state index in [1.54, 1.807) is 0 Å². The second-order valence-electron chi connectivity index (χ2n) is 9.49. The lowest BCUT2D eigenvalue weighted by Crippen LogP contribution is -2.34. The van der Waals surface area contributed by atoms with Gasteiger partial charge in [0, 0.05) is 22.5 Å². The quantitative estimate of drug-likeness (QED) is 0.258. The predicted octanol–water partition coefficient (Wildman–Crippen LogP) is 7.65. The Morgan fingerprint density at radius 2 is 0.889 bits per heavy atom. The Bertz CT molecular complexity index is 1640. The molecule has 6 aromatic rings. The van der Waals surface area contributed by atoms with Crippen LogP contribution in [0.1, 0.15) is 22.3 Å². The molecule has 0 saturated heterocycles. The van der Waals surface area contributed by atoms with Crippen molar-refractivity contribution >= 4 is 32.9 Å². The molecule has 1 aliphatic heterocycles. The third-order valence-electron chi connectivity index (χ3n) is 7.37. The number of hydrogen-bond donors (Lipinski definition) is 2. The van der Waals surface area contributed by atoms with E-state index in [1.807, 2.05) is 24.3 Å². The van der Waals surface area contributed by atoms with Gasteiger partial charge < -0.3 is 16.2 Å². The average molecular weight is 465 g/mol. The van der Waals surface area contributed by atoms with Gasteiger partial charge in [-0.15, -0.1) is 0 Å². The number of hydrogen-bond acceptors (Lipinski definition) is 3. The van der Waals surface area contributed by atoms with E-state index in [2.05, 4.69) is 97.1 Å². The number of ether oxygens (including phenoxy) is 1. The first-order valence-electron chi connectivity index (χ1n) is 12.1. The van der Waals surface area contributed by atoms with Gasteiger partial charge in [-0.1, -0.05) is 72.8 Å². The summed E-state index contributed by atoms with van der Waals surface area (Å²) in [5.74, 6) is 1.70. The fourth-order valence-electron chi connectivity index (χ4n) is 5.77. The Kier molecular flexibility index (Phi) is 4.36. The third kappa shape index (κ3) is 2.93. The van der Waals surface area contributed by atoms with Crippen LogP contribution in [0.3, 0.4) is 0 Å². The van der Waals surface area contributed by atoms with E-state index < -0.39 is 5.41 Å². The zero-order valence-electron chi connectivity index (χ0n) is 19.6. The molecule has 0 atom stereocenters. The minimum absolute atomic E-state index is 0.594. The van der Waals surface area contributed by atoms with E-state index in [-0.39, 0.29) is 0 Å².